The normalized spacial score (nSPS) is 9.92. The number of aromatic nitrogens is 2. The summed E-state index contributed by atoms with van der Waals surface area (Å²) in [6.45, 7) is 0. The van der Waals surface area contributed by atoms with Crippen molar-refractivity contribution in [1.29, 1.82) is 0 Å². The largest absolute Gasteiger partial charge is 0.436 e. The van der Waals surface area contributed by atoms with Crippen LogP contribution in [0.25, 0.3) is 0 Å². The van der Waals surface area contributed by atoms with E-state index in [4.69, 9.17) is 16.3 Å². The molecule has 0 bridgehead atoms. The van der Waals surface area contributed by atoms with Crippen molar-refractivity contribution in [3.8, 4) is 11.6 Å². The van der Waals surface area contributed by atoms with Gasteiger partial charge in [-0.25, -0.2) is 0 Å². The van der Waals surface area contributed by atoms with Crippen LogP contribution in [-0.2, 0) is 0 Å². The van der Waals surface area contributed by atoms with Crippen molar-refractivity contribution in [2.24, 2.45) is 0 Å². The summed E-state index contributed by atoms with van der Waals surface area (Å²) < 4.78 is 13.0. The van der Waals surface area contributed by atoms with Gasteiger partial charge in [0.25, 0.3) is 5.88 Å². The van der Waals surface area contributed by atoms with Gasteiger partial charge in [-0.05, 0) is 12.1 Å². The molecule has 5 heteroatoms. The fourth-order valence-electron chi connectivity index (χ4n) is 0.831. The van der Waals surface area contributed by atoms with Crippen molar-refractivity contribution >= 4 is 23.3 Å². The van der Waals surface area contributed by atoms with Gasteiger partial charge in [-0.3, -0.25) is 0 Å². The van der Waals surface area contributed by atoms with E-state index in [2.05, 4.69) is 8.75 Å². The van der Waals surface area contributed by atoms with Crippen LogP contribution < -0.4 is 4.74 Å². The number of hydrogen-bond acceptors (Lipinski definition) is 4. The van der Waals surface area contributed by atoms with E-state index in [0.717, 1.165) is 11.7 Å². The molecule has 66 valence electrons. The van der Waals surface area contributed by atoms with E-state index in [0.29, 0.717) is 16.8 Å². The predicted molar refractivity (Wildman–Crippen MR) is 51.4 cm³/mol. The minimum Gasteiger partial charge on any atom is -0.436 e. The van der Waals surface area contributed by atoms with Crippen LogP contribution in [0.1, 0.15) is 0 Å². The van der Waals surface area contributed by atoms with Crippen LogP contribution in [0.5, 0.6) is 11.6 Å². The van der Waals surface area contributed by atoms with Crippen LogP contribution in [0.15, 0.2) is 30.3 Å². The van der Waals surface area contributed by atoms with Crippen molar-refractivity contribution in [3.63, 3.8) is 0 Å². The summed E-state index contributed by atoms with van der Waals surface area (Å²) in [6.07, 6.45) is 0. The maximum absolute atomic E-state index is 5.70. The Morgan fingerprint density at radius 3 is 2.54 bits per heavy atom. The van der Waals surface area contributed by atoms with Gasteiger partial charge in [0.15, 0.2) is 0 Å². The molecule has 0 spiro atoms. The molecule has 0 aliphatic carbocycles. The van der Waals surface area contributed by atoms with Gasteiger partial charge >= 0.3 is 0 Å². The van der Waals surface area contributed by atoms with Gasteiger partial charge in [0, 0.05) is 0 Å². The third-order valence-corrected chi connectivity index (χ3v) is 2.24. The van der Waals surface area contributed by atoms with Crippen molar-refractivity contribution < 1.29 is 4.74 Å². The second-order valence-electron chi connectivity index (χ2n) is 2.28. The summed E-state index contributed by atoms with van der Waals surface area (Å²) >= 11 is 6.73. The van der Waals surface area contributed by atoms with Gasteiger partial charge in [-0.1, -0.05) is 29.8 Å². The highest BCUT2D eigenvalue weighted by molar-refractivity contribution is 6.99. The molecule has 2 rings (SSSR count). The smallest absolute Gasteiger partial charge is 0.270 e. The topological polar surface area (TPSA) is 35.0 Å². The Balaban J connectivity index is 2.20. The monoisotopic (exact) mass is 212 g/mol. The molecular formula is C8H5ClN2OS. The average Bonchev–Trinajstić information content (AvgIpc) is 2.54. The lowest BCUT2D eigenvalue weighted by Gasteiger charge is -1.99. The first-order valence-electron chi connectivity index (χ1n) is 3.57. The average molecular weight is 213 g/mol. The number of para-hydroxylation sites is 1. The zero-order chi connectivity index (χ0) is 9.10. The zero-order valence-corrected chi connectivity index (χ0v) is 8.05. The number of ether oxygens (including phenoxy) is 1. The molecule has 0 N–H and O–H groups in total. The van der Waals surface area contributed by atoms with E-state index in [1.165, 1.54) is 0 Å². The maximum Gasteiger partial charge on any atom is 0.270 e. The van der Waals surface area contributed by atoms with E-state index in [1.807, 2.05) is 30.3 Å². The quantitative estimate of drug-likeness (QED) is 0.768. The molecule has 0 aliphatic heterocycles. The van der Waals surface area contributed by atoms with Crippen molar-refractivity contribution in [2.45, 2.75) is 0 Å². The summed E-state index contributed by atoms with van der Waals surface area (Å²) in [5.74, 6) is 1.06. The highest BCUT2D eigenvalue weighted by atomic mass is 35.5. The Hall–Kier alpha value is -1.13. The van der Waals surface area contributed by atoms with E-state index >= 15 is 0 Å². The fourth-order valence-corrected chi connectivity index (χ4v) is 1.44. The molecule has 0 amide bonds. The van der Waals surface area contributed by atoms with Gasteiger partial charge in [-0.15, -0.1) is 4.37 Å². The molecule has 1 aromatic carbocycles. The lowest BCUT2D eigenvalue weighted by molar-refractivity contribution is 0.468. The predicted octanol–water partition coefficient (Wildman–Crippen LogP) is 2.98. The first-order valence-corrected chi connectivity index (χ1v) is 4.68. The van der Waals surface area contributed by atoms with Gasteiger partial charge in [0.1, 0.15) is 5.75 Å². The van der Waals surface area contributed by atoms with Gasteiger partial charge in [0.05, 0.1) is 11.7 Å². The summed E-state index contributed by atoms with van der Waals surface area (Å²) in [5, 5.41) is 0.300. The molecule has 0 fully saturated rings. The lowest BCUT2D eigenvalue weighted by Crippen LogP contribution is -1.83. The van der Waals surface area contributed by atoms with Crippen LogP contribution in [0.2, 0.25) is 5.15 Å². The molecule has 0 radical (unpaired) electrons. The zero-order valence-electron chi connectivity index (χ0n) is 6.48. The first-order chi connectivity index (χ1) is 6.36. The molecule has 2 aromatic rings. The Kier molecular flexibility index (Phi) is 2.42. The van der Waals surface area contributed by atoms with Gasteiger partial charge < -0.3 is 4.74 Å². The first kappa shape index (κ1) is 8.47. The third kappa shape index (κ3) is 1.96. The van der Waals surface area contributed by atoms with Crippen LogP contribution >= 0.6 is 23.3 Å². The lowest BCUT2D eigenvalue weighted by atomic mass is 10.3. The fraction of sp³-hybridized carbons (Fsp3) is 0. The summed E-state index contributed by atoms with van der Waals surface area (Å²) in [6, 6.07) is 9.32. The summed E-state index contributed by atoms with van der Waals surface area (Å²) in [5.41, 5.74) is 0. The standard InChI is InChI=1S/C8H5ClN2OS/c9-7-8(11-13-10-7)12-6-4-2-1-3-5-6/h1-5H. The van der Waals surface area contributed by atoms with Crippen LogP contribution in [-0.4, -0.2) is 8.75 Å². The maximum atomic E-state index is 5.70. The van der Waals surface area contributed by atoms with E-state index in [1.54, 1.807) is 0 Å². The molecule has 1 aromatic heterocycles. The van der Waals surface area contributed by atoms with Gasteiger partial charge in [0.2, 0.25) is 5.15 Å². The minimum atomic E-state index is 0.300. The van der Waals surface area contributed by atoms with Crippen LogP contribution in [0.4, 0.5) is 0 Å². The van der Waals surface area contributed by atoms with E-state index < -0.39 is 0 Å². The van der Waals surface area contributed by atoms with Crippen molar-refractivity contribution in [3.05, 3.63) is 35.5 Å². The molecule has 0 saturated heterocycles. The van der Waals surface area contributed by atoms with Crippen molar-refractivity contribution in [1.82, 2.24) is 8.75 Å². The number of hydrogen-bond donors (Lipinski definition) is 0. The number of nitrogens with zero attached hydrogens (tertiary/aromatic N) is 2. The molecule has 1 heterocycles. The molecular weight excluding hydrogens is 208 g/mol. The molecule has 0 saturated carbocycles. The number of rotatable bonds is 2. The Morgan fingerprint density at radius 2 is 1.92 bits per heavy atom. The van der Waals surface area contributed by atoms with Crippen LogP contribution in [0, 0.1) is 0 Å². The summed E-state index contributed by atoms with van der Waals surface area (Å²) in [7, 11) is 0. The Labute approximate surface area is 84.3 Å². The van der Waals surface area contributed by atoms with Crippen molar-refractivity contribution in [2.75, 3.05) is 0 Å². The second-order valence-corrected chi connectivity index (χ2v) is 3.16. The highest BCUT2D eigenvalue weighted by Crippen LogP contribution is 2.26. The van der Waals surface area contributed by atoms with E-state index in [-0.39, 0.29) is 0 Å². The Bertz CT molecular complexity index is 390. The molecule has 0 atom stereocenters. The molecule has 0 aliphatic rings. The SMILES string of the molecule is Clc1nsnc1Oc1ccccc1. The summed E-state index contributed by atoms with van der Waals surface area (Å²) in [4.78, 5) is 0. The van der Waals surface area contributed by atoms with Gasteiger partial charge in [-0.2, -0.15) is 4.37 Å². The van der Waals surface area contributed by atoms with Crippen LogP contribution in [0.3, 0.4) is 0 Å². The molecule has 0 unspecified atom stereocenters. The number of halogens is 1. The third-order valence-electron chi connectivity index (χ3n) is 1.38. The highest BCUT2D eigenvalue weighted by Gasteiger charge is 2.06. The molecule has 13 heavy (non-hydrogen) atoms. The van der Waals surface area contributed by atoms with E-state index in [9.17, 15) is 0 Å². The number of benzene rings is 1. The Morgan fingerprint density at radius 1 is 1.15 bits per heavy atom. The second kappa shape index (κ2) is 3.72. The minimum absolute atomic E-state index is 0.300. The molecule has 3 nitrogen and oxygen atoms in total.